The first-order valence-electron chi connectivity index (χ1n) is 10.1. The highest BCUT2D eigenvalue weighted by atomic mass is 19.1. The van der Waals surface area contributed by atoms with Gasteiger partial charge in [0.05, 0.1) is 30.2 Å². The van der Waals surface area contributed by atoms with Crippen LogP contribution in [0.2, 0.25) is 0 Å². The molecule has 2 aromatic rings. The molecule has 0 spiro atoms. The highest BCUT2D eigenvalue weighted by molar-refractivity contribution is 5.99. The molecule has 1 aromatic heterocycles. The zero-order valence-corrected chi connectivity index (χ0v) is 18.2. The number of hydrogen-bond donors (Lipinski definition) is 2. The lowest BCUT2D eigenvalue weighted by atomic mass is 9.99. The van der Waals surface area contributed by atoms with Crippen molar-refractivity contribution in [1.29, 1.82) is 0 Å². The van der Waals surface area contributed by atoms with Crippen molar-refractivity contribution >= 4 is 23.5 Å². The van der Waals surface area contributed by atoms with Crippen molar-refractivity contribution in [2.45, 2.75) is 32.9 Å². The molecule has 0 aliphatic carbocycles. The van der Waals surface area contributed by atoms with E-state index in [2.05, 4.69) is 20.5 Å². The SMILES string of the molecule is COC(=O)N1CCN(Cc2cccc(NC(=O)Nc3ccc(C)nc3)c2F)CC1(C)C. The zero-order chi connectivity index (χ0) is 22.6. The van der Waals surface area contributed by atoms with Crippen LogP contribution >= 0.6 is 0 Å². The number of nitrogens with zero attached hydrogens (tertiary/aromatic N) is 3. The summed E-state index contributed by atoms with van der Waals surface area (Å²) in [6.45, 7) is 7.77. The van der Waals surface area contributed by atoms with Gasteiger partial charge >= 0.3 is 12.1 Å². The van der Waals surface area contributed by atoms with Crippen molar-refractivity contribution in [3.8, 4) is 0 Å². The van der Waals surface area contributed by atoms with E-state index in [0.29, 0.717) is 37.4 Å². The highest BCUT2D eigenvalue weighted by Crippen LogP contribution is 2.25. The molecule has 1 aromatic carbocycles. The van der Waals surface area contributed by atoms with E-state index < -0.39 is 17.4 Å². The lowest BCUT2D eigenvalue weighted by Crippen LogP contribution is -2.60. The fourth-order valence-corrected chi connectivity index (χ4v) is 3.71. The molecule has 31 heavy (non-hydrogen) atoms. The summed E-state index contributed by atoms with van der Waals surface area (Å²) in [5.74, 6) is -0.479. The molecular weight excluding hydrogens is 401 g/mol. The van der Waals surface area contributed by atoms with Crippen molar-refractivity contribution in [2.24, 2.45) is 0 Å². The molecule has 2 heterocycles. The third-order valence-corrected chi connectivity index (χ3v) is 5.27. The fraction of sp³-hybridized carbons (Fsp3) is 0.409. The molecule has 8 nitrogen and oxygen atoms in total. The number of carbonyl (C=O) groups excluding carboxylic acids is 2. The van der Waals surface area contributed by atoms with Gasteiger partial charge in [-0.25, -0.2) is 14.0 Å². The quantitative estimate of drug-likeness (QED) is 0.771. The van der Waals surface area contributed by atoms with E-state index in [1.807, 2.05) is 20.8 Å². The number of benzene rings is 1. The second kappa shape index (κ2) is 9.30. The van der Waals surface area contributed by atoms with Crippen LogP contribution in [0.15, 0.2) is 36.5 Å². The molecule has 0 saturated carbocycles. The Morgan fingerprint density at radius 3 is 2.61 bits per heavy atom. The van der Waals surface area contributed by atoms with Gasteiger partial charge in [-0.1, -0.05) is 12.1 Å². The number of carbonyl (C=O) groups is 2. The Hall–Kier alpha value is -3.20. The Bertz CT molecular complexity index is 949. The molecule has 0 bridgehead atoms. The third kappa shape index (κ3) is 5.49. The van der Waals surface area contributed by atoms with Gasteiger partial charge in [-0.05, 0) is 39.0 Å². The summed E-state index contributed by atoms with van der Waals surface area (Å²) >= 11 is 0. The average Bonchev–Trinajstić information content (AvgIpc) is 2.71. The lowest BCUT2D eigenvalue weighted by Gasteiger charge is -2.46. The summed E-state index contributed by atoms with van der Waals surface area (Å²) in [6, 6.07) is 7.88. The smallest absolute Gasteiger partial charge is 0.410 e. The first kappa shape index (κ1) is 22.5. The second-order valence-corrected chi connectivity index (χ2v) is 8.19. The standard InChI is InChI=1S/C22H28FN5O3/c1-15-8-9-17(12-24-15)25-20(29)26-18-7-5-6-16(19(18)23)13-27-10-11-28(21(30)31-4)22(2,3)14-27/h5-9,12H,10-11,13-14H2,1-4H3,(H2,25,26,29). The minimum atomic E-state index is -0.547. The lowest BCUT2D eigenvalue weighted by molar-refractivity contribution is 0.0154. The summed E-state index contributed by atoms with van der Waals surface area (Å²) < 4.78 is 19.9. The average molecular weight is 429 g/mol. The maximum Gasteiger partial charge on any atom is 0.410 e. The van der Waals surface area contributed by atoms with Gasteiger partial charge in [0.15, 0.2) is 5.82 Å². The number of urea groups is 1. The van der Waals surface area contributed by atoms with Crippen molar-refractivity contribution in [3.63, 3.8) is 0 Å². The number of piperazine rings is 1. The zero-order valence-electron chi connectivity index (χ0n) is 18.2. The molecule has 3 amide bonds. The number of ether oxygens (including phenoxy) is 1. The Labute approximate surface area is 181 Å². The van der Waals surface area contributed by atoms with Crippen LogP contribution in [0.25, 0.3) is 0 Å². The number of rotatable bonds is 4. The minimum Gasteiger partial charge on any atom is -0.453 e. The van der Waals surface area contributed by atoms with Crippen molar-refractivity contribution < 1.29 is 18.7 Å². The molecule has 1 fully saturated rings. The first-order valence-corrected chi connectivity index (χ1v) is 10.1. The molecule has 166 valence electrons. The van der Waals surface area contributed by atoms with Crippen molar-refractivity contribution in [1.82, 2.24) is 14.8 Å². The van der Waals surface area contributed by atoms with Gasteiger partial charge in [0.2, 0.25) is 0 Å². The number of amides is 3. The van der Waals surface area contributed by atoms with E-state index in [1.165, 1.54) is 19.4 Å². The molecule has 0 unspecified atom stereocenters. The number of aromatic nitrogens is 1. The second-order valence-electron chi connectivity index (χ2n) is 8.19. The number of methoxy groups -OCH3 is 1. The monoisotopic (exact) mass is 429 g/mol. The van der Waals surface area contributed by atoms with Crippen LogP contribution in [0.4, 0.5) is 25.4 Å². The van der Waals surface area contributed by atoms with Crippen molar-refractivity contribution in [2.75, 3.05) is 37.4 Å². The predicted molar refractivity (Wildman–Crippen MR) is 116 cm³/mol. The van der Waals surface area contributed by atoms with Crippen LogP contribution in [-0.2, 0) is 11.3 Å². The van der Waals surface area contributed by atoms with Crippen LogP contribution in [0.5, 0.6) is 0 Å². The van der Waals surface area contributed by atoms with E-state index >= 15 is 4.39 Å². The van der Waals surface area contributed by atoms with E-state index in [-0.39, 0.29) is 11.8 Å². The molecule has 1 aliphatic heterocycles. The van der Waals surface area contributed by atoms with Crippen LogP contribution in [0.1, 0.15) is 25.1 Å². The van der Waals surface area contributed by atoms with Gasteiger partial charge in [-0.15, -0.1) is 0 Å². The summed E-state index contributed by atoms with van der Waals surface area (Å²) in [4.78, 5) is 32.1. The molecule has 0 atom stereocenters. The van der Waals surface area contributed by atoms with Crippen molar-refractivity contribution in [3.05, 3.63) is 53.6 Å². The first-order chi connectivity index (χ1) is 14.7. The number of nitrogens with one attached hydrogen (secondary N) is 2. The summed E-state index contributed by atoms with van der Waals surface area (Å²) in [7, 11) is 1.37. The fourth-order valence-electron chi connectivity index (χ4n) is 3.71. The Balaban J connectivity index is 1.65. The Morgan fingerprint density at radius 1 is 1.19 bits per heavy atom. The molecule has 3 rings (SSSR count). The van der Waals surface area contributed by atoms with Gasteiger partial charge in [0, 0.05) is 37.4 Å². The Kier molecular flexibility index (Phi) is 6.74. The topological polar surface area (TPSA) is 86.8 Å². The predicted octanol–water partition coefficient (Wildman–Crippen LogP) is 3.84. The number of halogens is 1. The summed E-state index contributed by atoms with van der Waals surface area (Å²) in [5, 5.41) is 5.19. The van der Waals surface area contributed by atoms with E-state index in [4.69, 9.17) is 4.74 Å². The van der Waals surface area contributed by atoms with Gasteiger partial charge in [-0.3, -0.25) is 9.88 Å². The van der Waals surface area contributed by atoms with Gasteiger partial charge in [0.25, 0.3) is 0 Å². The number of aryl methyl sites for hydroxylation is 1. The van der Waals surface area contributed by atoms with E-state index in [9.17, 15) is 9.59 Å². The minimum absolute atomic E-state index is 0.0996. The number of pyridine rings is 1. The number of hydrogen-bond acceptors (Lipinski definition) is 5. The largest absolute Gasteiger partial charge is 0.453 e. The summed E-state index contributed by atoms with van der Waals surface area (Å²) in [5.41, 5.74) is 1.48. The molecule has 0 radical (unpaired) electrons. The molecule has 1 aliphatic rings. The highest BCUT2D eigenvalue weighted by Gasteiger charge is 2.37. The summed E-state index contributed by atoms with van der Waals surface area (Å²) in [6.07, 6.45) is 1.18. The van der Waals surface area contributed by atoms with Gasteiger partial charge in [-0.2, -0.15) is 0 Å². The molecule has 1 saturated heterocycles. The van der Waals surface area contributed by atoms with Crippen LogP contribution in [-0.4, -0.2) is 59.2 Å². The van der Waals surface area contributed by atoms with Gasteiger partial charge < -0.3 is 20.3 Å². The van der Waals surface area contributed by atoms with Crippen LogP contribution < -0.4 is 10.6 Å². The molecular formula is C22H28FN5O3. The third-order valence-electron chi connectivity index (χ3n) is 5.27. The van der Waals surface area contributed by atoms with E-state index in [0.717, 1.165) is 5.69 Å². The van der Waals surface area contributed by atoms with Crippen LogP contribution in [0.3, 0.4) is 0 Å². The maximum atomic E-state index is 15.1. The van der Waals surface area contributed by atoms with E-state index in [1.54, 1.807) is 29.2 Å². The van der Waals surface area contributed by atoms with Crippen LogP contribution in [0, 0.1) is 12.7 Å². The molecule has 2 N–H and O–H groups in total. The maximum absolute atomic E-state index is 15.1. The normalized spacial score (nSPS) is 16.0. The molecule has 9 heteroatoms. The van der Waals surface area contributed by atoms with Gasteiger partial charge in [0.1, 0.15) is 0 Å². The Morgan fingerprint density at radius 2 is 1.97 bits per heavy atom. The number of anilines is 2.